The van der Waals surface area contributed by atoms with E-state index in [9.17, 15) is 4.79 Å². The molecule has 1 aliphatic rings. The molecule has 2 N–H and O–H groups in total. The minimum absolute atomic E-state index is 0.175. The van der Waals surface area contributed by atoms with Crippen LogP contribution in [-0.2, 0) is 0 Å². The molecule has 7 heteroatoms. The van der Waals surface area contributed by atoms with Gasteiger partial charge >= 0.3 is 0 Å². The van der Waals surface area contributed by atoms with E-state index in [0.717, 1.165) is 24.3 Å². The summed E-state index contributed by atoms with van der Waals surface area (Å²) in [5.74, 6) is 1.23. The maximum absolute atomic E-state index is 12.4. The number of fused-ring (bicyclic) bond motifs is 1. The summed E-state index contributed by atoms with van der Waals surface area (Å²) < 4.78 is 7.37. The van der Waals surface area contributed by atoms with Crippen molar-refractivity contribution in [3.8, 4) is 5.75 Å². The number of anilines is 2. The van der Waals surface area contributed by atoms with Crippen LogP contribution in [0.2, 0.25) is 0 Å². The standard InChI is InChI=1S/C19H23N5O2/c1-2-26-15-10-8-13(9-11-15)21-19-22-17-16(18(25)23-19)12-20-24(17)14-6-4-3-5-7-14/h8-12,14H,2-7H2,1H3,(H2,21,22,23,25). The first kappa shape index (κ1) is 16.6. The first-order valence-electron chi connectivity index (χ1n) is 9.22. The topological polar surface area (TPSA) is 84.8 Å². The highest BCUT2D eigenvalue weighted by Gasteiger charge is 2.20. The lowest BCUT2D eigenvalue weighted by atomic mass is 9.96. The fourth-order valence-corrected chi connectivity index (χ4v) is 3.53. The van der Waals surface area contributed by atoms with Crippen LogP contribution in [0.25, 0.3) is 11.0 Å². The van der Waals surface area contributed by atoms with Gasteiger partial charge < -0.3 is 10.1 Å². The molecular weight excluding hydrogens is 330 g/mol. The quantitative estimate of drug-likeness (QED) is 0.729. The molecule has 0 radical (unpaired) electrons. The number of hydrogen-bond acceptors (Lipinski definition) is 5. The van der Waals surface area contributed by atoms with E-state index < -0.39 is 0 Å². The maximum atomic E-state index is 12.4. The molecular formula is C19H23N5O2. The average molecular weight is 353 g/mol. The summed E-state index contributed by atoms with van der Waals surface area (Å²) in [5, 5.41) is 8.15. The van der Waals surface area contributed by atoms with Gasteiger partial charge in [0.15, 0.2) is 5.65 Å². The summed E-state index contributed by atoms with van der Waals surface area (Å²) in [4.78, 5) is 19.8. The summed E-state index contributed by atoms with van der Waals surface area (Å²) in [7, 11) is 0. The van der Waals surface area contributed by atoms with Crippen LogP contribution in [-0.4, -0.2) is 26.4 Å². The smallest absolute Gasteiger partial charge is 0.263 e. The number of aromatic amines is 1. The zero-order chi connectivity index (χ0) is 17.9. The Morgan fingerprint density at radius 1 is 1.23 bits per heavy atom. The van der Waals surface area contributed by atoms with Crippen LogP contribution in [0, 0.1) is 0 Å². The van der Waals surface area contributed by atoms with Crippen molar-refractivity contribution < 1.29 is 4.74 Å². The number of nitrogens with one attached hydrogen (secondary N) is 2. The molecule has 1 saturated carbocycles. The molecule has 4 rings (SSSR count). The molecule has 2 aromatic heterocycles. The lowest BCUT2D eigenvalue weighted by molar-refractivity contribution is 0.336. The molecule has 0 bridgehead atoms. The molecule has 136 valence electrons. The minimum Gasteiger partial charge on any atom is -0.494 e. The Labute approximate surface area is 151 Å². The van der Waals surface area contributed by atoms with Crippen LogP contribution >= 0.6 is 0 Å². The Morgan fingerprint density at radius 3 is 2.73 bits per heavy atom. The van der Waals surface area contributed by atoms with E-state index in [1.54, 1.807) is 6.20 Å². The zero-order valence-electron chi connectivity index (χ0n) is 14.9. The van der Waals surface area contributed by atoms with Gasteiger partial charge in [-0.2, -0.15) is 10.1 Å². The van der Waals surface area contributed by atoms with Crippen molar-refractivity contribution in [2.75, 3.05) is 11.9 Å². The van der Waals surface area contributed by atoms with E-state index in [4.69, 9.17) is 4.74 Å². The first-order valence-corrected chi connectivity index (χ1v) is 9.22. The highest BCUT2D eigenvalue weighted by atomic mass is 16.5. The summed E-state index contributed by atoms with van der Waals surface area (Å²) in [5.41, 5.74) is 1.30. The van der Waals surface area contributed by atoms with E-state index in [1.807, 2.05) is 35.9 Å². The van der Waals surface area contributed by atoms with Crippen LogP contribution in [0.1, 0.15) is 45.1 Å². The van der Waals surface area contributed by atoms with E-state index >= 15 is 0 Å². The van der Waals surface area contributed by atoms with Gasteiger partial charge in [-0.3, -0.25) is 9.78 Å². The number of nitrogens with zero attached hydrogens (tertiary/aromatic N) is 3. The Bertz CT molecular complexity index is 939. The molecule has 1 aromatic carbocycles. The number of benzene rings is 1. The summed E-state index contributed by atoms with van der Waals surface area (Å²) in [6, 6.07) is 7.89. The predicted octanol–water partition coefficient (Wildman–Crippen LogP) is 3.77. The van der Waals surface area contributed by atoms with Crippen molar-refractivity contribution in [3.63, 3.8) is 0 Å². The second-order valence-corrected chi connectivity index (χ2v) is 6.62. The van der Waals surface area contributed by atoms with Gasteiger partial charge in [-0.1, -0.05) is 19.3 Å². The molecule has 2 heterocycles. The average Bonchev–Trinajstić information content (AvgIpc) is 3.09. The Balaban J connectivity index is 1.64. The second-order valence-electron chi connectivity index (χ2n) is 6.62. The third kappa shape index (κ3) is 3.29. The Kier molecular flexibility index (Phi) is 4.60. The van der Waals surface area contributed by atoms with E-state index in [0.29, 0.717) is 29.6 Å². The molecule has 26 heavy (non-hydrogen) atoms. The molecule has 0 atom stereocenters. The van der Waals surface area contributed by atoms with Crippen molar-refractivity contribution in [3.05, 3.63) is 40.8 Å². The molecule has 1 aliphatic carbocycles. The maximum Gasteiger partial charge on any atom is 0.263 e. The van der Waals surface area contributed by atoms with Crippen LogP contribution in [0.15, 0.2) is 35.3 Å². The van der Waals surface area contributed by atoms with E-state index in [-0.39, 0.29) is 5.56 Å². The number of hydrogen-bond donors (Lipinski definition) is 2. The molecule has 1 fully saturated rings. The SMILES string of the molecule is CCOc1ccc(Nc2nc3c(cnn3C3CCCCC3)c(=O)[nH]2)cc1. The summed E-state index contributed by atoms with van der Waals surface area (Å²) in [6.45, 7) is 2.58. The third-order valence-corrected chi connectivity index (χ3v) is 4.81. The van der Waals surface area contributed by atoms with Crippen molar-refractivity contribution in [1.29, 1.82) is 0 Å². The Morgan fingerprint density at radius 2 is 2.00 bits per heavy atom. The van der Waals surface area contributed by atoms with Gasteiger partial charge in [-0.05, 0) is 44.0 Å². The molecule has 0 aliphatic heterocycles. The minimum atomic E-state index is -0.175. The number of H-pyrrole nitrogens is 1. The summed E-state index contributed by atoms with van der Waals surface area (Å²) >= 11 is 0. The number of ether oxygens (including phenoxy) is 1. The number of rotatable bonds is 5. The van der Waals surface area contributed by atoms with Gasteiger partial charge in [0.25, 0.3) is 5.56 Å². The van der Waals surface area contributed by atoms with Gasteiger partial charge in [0, 0.05) is 5.69 Å². The van der Waals surface area contributed by atoms with Crippen molar-refractivity contribution in [2.24, 2.45) is 0 Å². The lowest BCUT2D eigenvalue weighted by Gasteiger charge is -2.22. The molecule has 0 spiro atoms. The van der Waals surface area contributed by atoms with Crippen molar-refractivity contribution in [1.82, 2.24) is 19.7 Å². The Hall–Kier alpha value is -2.83. The van der Waals surface area contributed by atoms with Crippen LogP contribution in [0.5, 0.6) is 5.75 Å². The van der Waals surface area contributed by atoms with Gasteiger partial charge in [0.05, 0.1) is 18.8 Å². The fourth-order valence-electron chi connectivity index (χ4n) is 3.53. The van der Waals surface area contributed by atoms with Crippen LogP contribution in [0.3, 0.4) is 0 Å². The van der Waals surface area contributed by atoms with Crippen LogP contribution in [0.4, 0.5) is 11.6 Å². The molecule has 0 amide bonds. The van der Waals surface area contributed by atoms with Gasteiger partial charge in [-0.25, -0.2) is 4.68 Å². The van der Waals surface area contributed by atoms with E-state index in [1.165, 1.54) is 19.3 Å². The van der Waals surface area contributed by atoms with Gasteiger partial charge in [0.1, 0.15) is 11.1 Å². The monoisotopic (exact) mass is 353 g/mol. The largest absolute Gasteiger partial charge is 0.494 e. The van der Waals surface area contributed by atoms with Gasteiger partial charge in [-0.15, -0.1) is 0 Å². The molecule has 0 saturated heterocycles. The van der Waals surface area contributed by atoms with Crippen molar-refractivity contribution >= 4 is 22.7 Å². The lowest BCUT2D eigenvalue weighted by Crippen LogP contribution is -2.16. The second kappa shape index (κ2) is 7.19. The van der Waals surface area contributed by atoms with Gasteiger partial charge in [0.2, 0.25) is 5.95 Å². The van der Waals surface area contributed by atoms with Crippen molar-refractivity contribution in [2.45, 2.75) is 45.1 Å². The fraction of sp³-hybridized carbons (Fsp3) is 0.421. The molecule has 7 nitrogen and oxygen atoms in total. The normalized spacial score (nSPS) is 15.3. The molecule has 0 unspecified atom stereocenters. The molecule has 3 aromatic rings. The summed E-state index contributed by atoms with van der Waals surface area (Å²) in [6.07, 6.45) is 7.48. The first-order chi connectivity index (χ1) is 12.7. The van der Waals surface area contributed by atoms with E-state index in [2.05, 4.69) is 20.4 Å². The third-order valence-electron chi connectivity index (χ3n) is 4.81. The van der Waals surface area contributed by atoms with Crippen LogP contribution < -0.4 is 15.6 Å². The number of aromatic nitrogens is 4. The predicted molar refractivity (Wildman–Crippen MR) is 101 cm³/mol. The highest BCUT2D eigenvalue weighted by Crippen LogP contribution is 2.29. The zero-order valence-corrected chi connectivity index (χ0v) is 14.9. The highest BCUT2D eigenvalue weighted by molar-refractivity contribution is 5.75.